The third-order valence-corrected chi connectivity index (χ3v) is 5.28. The molecule has 7 heteroatoms. The number of aromatic nitrogens is 3. The Hall–Kier alpha value is -2.28. The average molecular weight is 356 g/mol. The quantitative estimate of drug-likeness (QED) is 0.821. The summed E-state index contributed by atoms with van der Waals surface area (Å²) >= 11 is 1.57. The summed E-state index contributed by atoms with van der Waals surface area (Å²) < 4.78 is 1.78. The Morgan fingerprint density at radius 1 is 1.40 bits per heavy atom. The molecule has 0 saturated carbocycles. The lowest BCUT2D eigenvalue weighted by Gasteiger charge is -2.34. The standard InChI is InChI=1S/C18H20N4O2S/c1-3-25-18-20-17-19-13-7-10(2)8-14(24)15(13)16(22(17)21-18)11-5-4-6-12(23)9-11/h4-6,9-10,16,23H,3,7-8H2,1-2H3,(H,19,20,21)/t10-,16-/m0/s1. The molecule has 25 heavy (non-hydrogen) atoms. The molecule has 0 bridgehead atoms. The number of hydrogen-bond donors (Lipinski definition) is 2. The van der Waals surface area contributed by atoms with Crippen LogP contribution in [0.1, 0.15) is 38.3 Å². The SMILES string of the molecule is CCSc1nc2n(n1)[C@@H](c1cccc(O)c1)C1=C(C[C@H](C)CC1=O)N2. The van der Waals surface area contributed by atoms with Crippen molar-refractivity contribution in [3.05, 3.63) is 41.1 Å². The van der Waals surface area contributed by atoms with Crippen LogP contribution in [0.4, 0.5) is 5.95 Å². The van der Waals surface area contributed by atoms with Gasteiger partial charge >= 0.3 is 0 Å². The number of thioether (sulfide) groups is 1. The van der Waals surface area contributed by atoms with E-state index in [0.29, 0.717) is 23.4 Å². The van der Waals surface area contributed by atoms with Crippen LogP contribution in [-0.4, -0.2) is 31.4 Å². The fourth-order valence-corrected chi connectivity index (χ4v) is 4.14. The number of phenols is 1. The molecule has 4 rings (SSSR count). The minimum atomic E-state index is -0.350. The first-order valence-electron chi connectivity index (χ1n) is 8.48. The number of Topliss-reactive ketones (excluding diaryl/α,β-unsaturated/α-hetero) is 1. The second-order valence-electron chi connectivity index (χ2n) is 6.55. The third kappa shape index (κ3) is 2.82. The largest absolute Gasteiger partial charge is 0.508 e. The summed E-state index contributed by atoms with van der Waals surface area (Å²) in [6.45, 7) is 4.14. The normalized spacial score (nSPS) is 22.4. The van der Waals surface area contributed by atoms with Gasteiger partial charge in [0, 0.05) is 17.7 Å². The van der Waals surface area contributed by atoms with Crippen LogP contribution < -0.4 is 5.32 Å². The van der Waals surface area contributed by atoms with Gasteiger partial charge in [-0.25, -0.2) is 4.68 Å². The Balaban J connectivity index is 1.88. The Labute approximate surface area is 150 Å². The van der Waals surface area contributed by atoms with Crippen LogP contribution in [0.2, 0.25) is 0 Å². The number of allylic oxidation sites excluding steroid dienone is 2. The van der Waals surface area contributed by atoms with E-state index in [4.69, 9.17) is 0 Å². The minimum absolute atomic E-state index is 0.139. The summed E-state index contributed by atoms with van der Waals surface area (Å²) in [4.78, 5) is 17.4. The van der Waals surface area contributed by atoms with E-state index >= 15 is 0 Å². The van der Waals surface area contributed by atoms with E-state index in [2.05, 4.69) is 29.2 Å². The Morgan fingerprint density at radius 2 is 2.24 bits per heavy atom. The summed E-state index contributed by atoms with van der Waals surface area (Å²) in [5.41, 5.74) is 2.52. The lowest BCUT2D eigenvalue weighted by molar-refractivity contribution is -0.117. The minimum Gasteiger partial charge on any atom is -0.508 e. The van der Waals surface area contributed by atoms with Crippen molar-refractivity contribution in [1.82, 2.24) is 14.8 Å². The highest BCUT2D eigenvalue weighted by Gasteiger charge is 2.38. The molecule has 0 radical (unpaired) electrons. The lowest BCUT2D eigenvalue weighted by atomic mass is 9.81. The van der Waals surface area contributed by atoms with Crippen molar-refractivity contribution in [3.8, 4) is 5.75 Å². The number of rotatable bonds is 3. The van der Waals surface area contributed by atoms with E-state index in [0.717, 1.165) is 29.0 Å². The third-order valence-electron chi connectivity index (χ3n) is 4.56. The molecule has 0 unspecified atom stereocenters. The molecule has 0 spiro atoms. The molecule has 2 N–H and O–H groups in total. The van der Waals surface area contributed by atoms with E-state index < -0.39 is 0 Å². The van der Waals surface area contributed by atoms with Crippen LogP contribution >= 0.6 is 11.8 Å². The van der Waals surface area contributed by atoms with Gasteiger partial charge in [-0.2, -0.15) is 4.98 Å². The van der Waals surface area contributed by atoms with Crippen molar-refractivity contribution in [2.45, 2.75) is 37.9 Å². The van der Waals surface area contributed by atoms with E-state index in [-0.39, 0.29) is 17.6 Å². The molecule has 1 aromatic heterocycles. The van der Waals surface area contributed by atoms with Crippen LogP contribution in [0.3, 0.4) is 0 Å². The van der Waals surface area contributed by atoms with Gasteiger partial charge in [0.25, 0.3) is 0 Å². The highest BCUT2D eigenvalue weighted by molar-refractivity contribution is 7.99. The van der Waals surface area contributed by atoms with Crippen molar-refractivity contribution in [3.63, 3.8) is 0 Å². The zero-order chi connectivity index (χ0) is 17.6. The molecule has 6 nitrogen and oxygen atoms in total. The number of benzene rings is 1. The molecule has 1 aromatic carbocycles. The van der Waals surface area contributed by atoms with Gasteiger partial charge in [-0.1, -0.05) is 37.7 Å². The van der Waals surface area contributed by atoms with E-state index in [1.165, 1.54) is 0 Å². The molecule has 0 fully saturated rings. The second kappa shape index (κ2) is 6.22. The van der Waals surface area contributed by atoms with Gasteiger partial charge in [0.05, 0.1) is 0 Å². The summed E-state index contributed by atoms with van der Waals surface area (Å²) in [6, 6.07) is 6.69. The van der Waals surface area contributed by atoms with Crippen molar-refractivity contribution < 1.29 is 9.90 Å². The Morgan fingerprint density at radius 3 is 3.00 bits per heavy atom. The maximum absolute atomic E-state index is 12.8. The van der Waals surface area contributed by atoms with Gasteiger partial charge in [-0.3, -0.25) is 4.79 Å². The summed E-state index contributed by atoms with van der Waals surface area (Å²) in [7, 11) is 0. The highest BCUT2D eigenvalue weighted by Crippen LogP contribution is 2.42. The molecular formula is C18H20N4O2S. The molecule has 0 saturated heterocycles. The number of hydrogen-bond acceptors (Lipinski definition) is 6. The number of carbonyl (C=O) groups excluding carboxylic acids is 1. The zero-order valence-corrected chi connectivity index (χ0v) is 15.0. The predicted octanol–water partition coefficient (Wildman–Crippen LogP) is 3.36. The van der Waals surface area contributed by atoms with Crippen molar-refractivity contribution >= 4 is 23.5 Å². The van der Waals surface area contributed by atoms with Crippen LogP contribution in [0.25, 0.3) is 0 Å². The molecule has 2 heterocycles. The van der Waals surface area contributed by atoms with Gasteiger partial charge in [0.1, 0.15) is 11.8 Å². The molecule has 2 aromatic rings. The predicted molar refractivity (Wildman–Crippen MR) is 96.7 cm³/mol. The van der Waals surface area contributed by atoms with Gasteiger partial charge in [-0.15, -0.1) is 5.10 Å². The Kier molecular flexibility index (Phi) is 4.03. The van der Waals surface area contributed by atoms with Gasteiger partial charge < -0.3 is 10.4 Å². The molecule has 2 aliphatic rings. The number of ketones is 1. The van der Waals surface area contributed by atoms with Crippen molar-refractivity contribution in [2.75, 3.05) is 11.1 Å². The maximum atomic E-state index is 12.8. The topological polar surface area (TPSA) is 80.0 Å². The number of carbonyl (C=O) groups is 1. The molecule has 1 aliphatic carbocycles. The molecule has 2 atom stereocenters. The second-order valence-corrected chi connectivity index (χ2v) is 7.78. The van der Waals surface area contributed by atoms with Gasteiger partial charge in [0.2, 0.25) is 11.1 Å². The number of nitrogens with zero attached hydrogens (tertiary/aromatic N) is 3. The van der Waals surface area contributed by atoms with Crippen LogP contribution in [0.15, 0.2) is 40.7 Å². The average Bonchev–Trinajstić information content (AvgIpc) is 2.95. The smallest absolute Gasteiger partial charge is 0.227 e. The summed E-state index contributed by atoms with van der Waals surface area (Å²) in [5.74, 6) is 2.16. The number of aromatic hydroxyl groups is 1. The van der Waals surface area contributed by atoms with Crippen LogP contribution in [0, 0.1) is 5.92 Å². The highest BCUT2D eigenvalue weighted by atomic mass is 32.2. The van der Waals surface area contributed by atoms with E-state index in [9.17, 15) is 9.90 Å². The summed E-state index contributed by atoms with van der Waals surface area (Å²) in [5, 5.41) is 18.5. The fourth-order valence-electron chi connectivity index (χ4n) is 3.58. The van der Waals surface area contributed by atoms with E-state index in [1.54, 1.807) is 34.6 Å². The number of phenolic OH excluding ortho intramolecular Hbond substituents is 1. The maximum Gasteiger partial charge on any atom is 0.227 e. The van der Waals surface area contributed by atoms with Crippen LogP contribution in [-0.2, 0) is 4.79 Å². The van der Waals surface area contributed by atoms with Crippen molar-refractivity contribution in [2.24, 2.45) is 5.92 Å². The lowest BCUT2D eigenvalue weighted by Crippen LogP contribution is -2.33. The number of anilines is 1. The summed E-state index contributed by atoms with van der Waals surface area (Å²) in [6.07, 6.45) is 1.36. The number of fused-ring (bicyclic) bond motifs is 1. The molecular weight excluding hydrogens is 336 g/mol. The van der Waals surface area contributed by atoms with E-state index in [1.807, 2.05) is 6.07 Å². The first-order chi connectivity index (χ1) is 12.1. The number of nitrogens with one attached hydrogen (secondary N) is 1. The first kappa shape index (κ1) is 16.2. The molecule has 0 amide bonds. The van der Waals surface area contributed by atoms with Gasteiger partial charge in [0.15, 0.2) is 5.78 Å². The zero-order valence-electron chi connectivity index (χ0n) is 14.2. The molecule has 130 valence electrons. The monoisotopic (exact) mass is 356 g/mol. The van der Waals surface area contributed by atoms with Crippen LogP contribution in [0.5, 0.6) is 5.75 Å². The first-order valence-corrected chi connectivity index (χ1v) is 9.47. The fraction of sp³-hybridized carbons (Fsp3) is 0.389. The Bertz CT molecular complexity index is 874. The molecule has 1 aliphatic heterocycles. The van der Waals surface area contributed by atoms with Crippen molar-refractivity contribution in [1.29, 1.82) is 0 Å². The van der Waals surface area contributed by atoms with Gasteiger partial charge in [-0.05, 0) is 35.8 Å².